The van der Waals surface area contributed by atoms with Gasteiger partial charge in [-0.15, -0.1) is 0 Å². The Hall–Kier alpha value is -3.72. The highest BCUT2D eigenvalue weighted by atomic mass is 79.9. The van der Waals surface area contributed by atoms with Gasteiger partial charge in [0.05, 0.1) is 29.1 Å². The predicted octanol–water partition coefficient (Wildman–Crippen LogP) is 4.31. The number of carboxylic acid groups (broad SMARTS) is 1. The van der Waals surface area contributed by atoms with E-state index in [0.29, 0.717) is 32.8 Å². The molecule has 0 aliphatic carbocycles. The van der Waals surface area contributed by atoms with Crippen LogP contribution < -0.4 is 10.2 Å². The van der Waals surface area contributed by atoms with Crippen LogP contribution in [0.5, 0.6) is 5.88 Å². The maximum Gasteiger partial charge on any atom is 0.337 e. The predicted molar refractivity (Wildman–Crippen MR) is 129 cm³/mol. The molecule has 0 aliphatic rings. The van der Waals surface area contributed by atoms with Crippen molar-refractivity contribution in [3.05, 3.63) is 68.0 Å². The zero-order chi connectivity index (χ0) is 25.5. The molecule has 0 bridgehead atoms. The van der Waals surface area contributed by atoms with Crippen LogP contribution in [0.1, 0.15) is 32.9 Å². The van der Waals surface area contributed by atoms with Gasteiger partial charge in [0.25, 0.3) is 5.91 Å². The number of ether oxygens (including phenoxy) is 2. The standard InChI is InChI=1S/C23H18BrClN4O6/c1-12-21(24)17(10-33-2)16(8-26)22(28-12)34-11-20(30)29-27-9-14-4-6-19(35-14)13-3-5-18(25)15(7-13)23(31)32/h3-7,9H,10-11H2,1-2H3,(H,29,30)(H,31,32)/b27-9-. The molecule has 12 heteroatoms. The highest BCUT2D eigenvalue weighted by Gasteiger charge is 2.18. The van der Waals surface area contributed by atoms with Gasteiger partial charge in [-0.25, -0.2) is 15.2 Å². The van der Waals surface area contributed by atoms with Crippen LogP contribution in [-0.4, -0.2) is 41.9 Å². The van der Waals surface area contributed by atoms with Crippen LogP contribution in [0.2, 0.25) is 5.02 Å². The monoisotopic (exact) mass is 560 g/mol. The molecule has 3 aromatic rings. The lowest BCUT2D eigenvalue weighted by Crippen LogP contribution is -2.25. The van der Waals surface area contributed by atoms with Crippen molar-refractivity contribution in [1.29, 1.82) is 5.26 Å². The van der Waals surface area contributed by atoms with E-state index < -0.39 is 18.5 Å². The Labute approximate surface area is 213 Å². The van der Waals surface area contributed by atoms with E-state index in [-0.39, 0.29) is 28.6 Å². The lowest BCUT2D eigenvalue weighted by Gasteiger charge is -2.13. The van der Waals surface area contributed by atoms with E-state index in [1.165, 1.54) is 25.5 Å². The number of hydrazone groups is 1. The number of aromatic carboxylic acids is 1. The summed E-state index contributed by atoms with van der Waals surface area (Å²) in [5, 5.41) is 22.6. The Kier molecular flexibility index (Phi) is 8.59. The number of nitrogens with zero attached hydrogens (tertiary/aromatic N) is 3. The third-order valence-corrected chi connectivity index (χ3v) is 5.98. The molecule has 2 aromatic heterocycles. The third-order valence-electron chi connectivity index (χ3n) is 4.60. The highest BCUT2D eigenvalue weighted by Crippen LogP contribution is 2.30. The van der Waals surface area contributed by atoms with Gasteiger partial charge in [-0.05, 0) is 53.2 Å². The molecular weight excluding hydrogens is 544 g/mol. The van der Waals surface area contributed by atoms with E-state index >= 15 is 0 Å². The Morgan fingerprint density at radius 2 is 2.14 bits per heavy atom. The lowest BCUT2D eigenvalue weighted by atomic mass is 10.1. The van der Waals surface area contributed by atoms with Gasteiger partial charge in [-0.3, -0.25) is 4.79 Å². The van der Waals surface area contributed by atoms with Crippen molar-refractivity contribution in [2.45, 2.75) is 13.5 Å². The minimum Gasteiger partial charge on any atom is -0.478 e. The van der Waals surface area contributed by atoms with Crippen LogP contribution in [0.4, 0.5) is 0 Å². The van der Waals surface area contributed by atoms with Gasteiger partial charge in [0.2, 0.25) is 5.88 Å². The second kappa shape index (κ2) is 11.6. The summed E-state index contributed by atoms with van der Waals surface area (Å²) >= 11 is 9.27. The lowest BCUT2D eigenvalue weighted by molar-refractivity contribution is -0.123. The topological polar surface area (TPSA) is 147 Å². The maximum absolute atomic E-state index is 12.1. The second-order valence-corrected chi connectivity index (χ2v) is 8.20. The van der Waals surface area contributed by atoms with Gasteiger partial charge in [0.1, 0.15) is 23.2 Å². The summed E-state index contributed by atoms with van der Waals surface area (Å²) in [4.78, 5) is 27.6. The first-order chi connectivity index (χ1) is 16.7. The van der Waals surface area contributed by atoms with Crippen LogP contribution in [0.25, 0.3) is 11.3 Å². The summed E-state index contributed by atoms with van der Waals surface area (Å²) in [6.07, 6.45) is 1.27. The van der Waals surface area contributed by atoms with E-state index in [9.17, 15) is 20.0 Å². The molecule has 0 radical (unpaired) electrons. The summed E-state index contributed by atoms with van der Waals surface area (Å²) in [5.41, 5.74) is 4.07. The van der Waals surface area contributed by atoms with Gasteiger partial charge >= 0.3 is 5.97 Å². The normalized spacial score (nSPS) is 10.8. The molecule has 35 heavy (non-hydrogen) atoms. The molecule has 0 atom stereocenters. The molecule has 1 aromatic carbocycles. The summed E-state index contributed by atoms with van der Waals surface area (Å²) in [6.45, 7) is 1.46. The van der Waals surface area contributed by atoms with Gasteiger partial charge in [0, 0.05) is 22.7 Å². The SMILES string of the molecule is COCc1c(Br)c(C)nc(OCC(=O)N/N=C\c2ccc(-c3ccc(Cl)c(C(=O)O)c3)o2)c1C#N. The number of amides is 1. The van der Waals surface area contributed by atoms with Crippen LogP contribution in [0, 0.1) is 18.3 Å². The van der Waals surface area contributed by atoms with E-state index in [1.54, 1.807) is 25.1 Å². The van der Waals surface area contributed by atoms with Crippen molar-refractivity contribution in [3.63, 3.8) is 0 Å². The number of rotatable bonds is 9. The molecule has 1 amide bonds. The summed E-state index contributed by atoms with van der Waals surface area (Å²) in [5.74, 6) is -1.02. The van der Waals surface area contributed by atoms with Crippen molar-refractivity contribution in [1.82, 2.24) is 10.4 Å². The fourth-order valence-electron chi connectivity index (χ4n) is 2.97. The average Bonchev–Trinajstić information content (AvgIpc) is 3.30. The Bertz CT molecular complexity index is 1350. The minimum atomic E-state index is -1.15. The van der Waals surface area contributed by atoms with Gasteiger partial charge in [0.15, 0.2) is 6.61 Å². The fourth-order valence-corrected chi connectivity index (χ4v) is 3.57. The van der Waals surface area contributed by atoms with Crippen molar-refractivity contribution in [3.8, 4) is 23.3 Å². The van der Waals surface area contributed by atoms with Crippen molar-refractivity contribution < 1.29 is 28.6 Å². The molecule has 2 heterocycles. The van der Waals surface area contributed by atoms with Crippen LogP contribution in [-0.2, 0) is 16.1 Å². The minimum absolute atomic E-state index is 0.0127. The first-order valence-electron chi connectivity index (χ1n) is 9.90. The molecule has 0 spiro atoms. The van der Waals surface area contributed by atoms with Gasteiger partial charge in [-0.1, -0.05) is 11.6 Å². The smallest absolute Gasteiger partial charge is 0.337 e. The van der Waals surface area contributed by atoms with Crippen molar-refractivity contribution in [2.24, 2.45) is 5.10 Å². The van der Waals surface area contributed by atoms with E-state index in [1.807, 2.05) is 6.07 Å². The van der Waals surface area contributed by atoms with E-state index in [0.717, 1.165) is 0 Å². The number of pyridine rings is 1. The zero-order valence-electron chi connectivity index (χ0n) is 18.5. The first-order valence-corrected chi connectivity index (χ1v) is 11.1. The Morgan fingerprint density at radius 3 is 2.83 bits per heavy atom. The molecule has 0 aliphatic heterocycles. The quantitative estimate of drug-likeness (QED) is 0.290. The first kappa shape index (κ1) is 25.9. The average molecular weight is 562 g/mol. The van der Waals surface area contributed by atoms with Gasteiger partial charge in [-0.2, -0.15) is 10.4 Å². The van der Waals surface area contributed by atoms with Gasteiger partial charge < -0.3 is 19.0 Å². The third kappa shape index (κ3) is 6.24. The number of aromatic nitrogens is 1. The Morgan fingerprint density at radius 1 is 1.37 bits per heavy atom. The number of methoxy groups -OCH3 is 1. The number of benzene rings is 1. The molecule has 10 nitrogen and oxygen atoms in total. The number of hydrogen-bond acceptors (Lipinski definition) is 8. The fraction of sp³-hybridized carbons (Fsp3) is 0.174. The van der Waals surface area contributed by atoms with E-state index in [2.05, 4.69) is 31.4 Å². The molecule has 0 saturated carbocycles. The number of nitrogens with one attached hydrogen (secondary N) is 1. The van der Waals surface area contributed by atoms with Crippen LogP contribution in [0.3, 0.4) is 0 Å². The summed E-state index contributed by atoms with van der Waals surface area (Å²) < 4.78 is 16.8. The highest BCUT2D eigenvalue weighted by molar-refractivity contribution is 9.10. The van der Waals surface area contributed by atoms with Crippen molar-refractivity contribution >= 4 is 45.6 Å². The number of aryl methyl sites for hydroxylation is 1. The molecule has 180 valence electrons. The number of carbonyl (C=O) groups excluding carboxylic acids is 1. The number of nitriles is 1. The van der Waals surface area contributed by atoms with E-state index in [4.69, 9.17) is 25.5 Å². The maximum atomic E-state index is 12.1. The van der Waals surface area contributed by atoms with Crippen LogP contribution >= 0.6 is 27.5 Å². The number of carbonyl (C=O) groups is 2. The number of hydrogen-bond donors (Lipinski definition) is 2. The summed E-state index contributed by atoms with van der Waals surface area (Å²) in [6, 6.07) is 9.74. The van der Waals surface area contributed by atoms with Crippen molar-refractivity contribution in [2.75, 3.05) is 13.7 Å². The number of furan rings is 1. The Balaban J connectivity index is 1.63. The zero-order valence-corrected chi connectivity index (χ0v) is 20.8. The molecular formula is C23H18BrClN4O6. The molecule has 2 N–H and O–H groups in total. The molecule has 0 unspecified atom stereocenters. The summed E-state index contributed by atoms with van der Waals surface area (Å²) in [7, 11) is 1.50. The van der Waals surface area contributed by atoms with Crippen LogP contribution in [0.15, 0.2) is 44.3 Å². The molecule has 3 rings (SSSR count). The second-order valence-electron chi connectivity index (χ2n) is 7.00. The number of halogens is 2. The largest absolute Gasteiger partial charge is 0.478 e. The molecule has 0 saturated heterocycles. The molecule has 0 fully saturated rings. The number of carboxylic acids is 1.